The number of thiazole rings is 1. The van der Waals surface area contributed by atoms with Crippen LogP contribution < -0.4 is 14.9 Å². The van der Waals surface area contributed by atoms with E-state index in [1.165, 1.54) is 33.6 Å². The van der Waals surface area contributed by atoms with Crippen LogP contribution in [0.4, 0.5) is 0 Å². The van der Waals surface area contributed by atoms with Crippen molar-refractivity contribution in [3.8, 4) is 0 Å². The molecular formula is C26H20N2OS2. The Morgan fingerprint density at radius 1 is 1.03 bits per heavy atom. The molecule has 2 aromatic heterocycles. The number of fused-ring (bicyclic) bond motifs is 3. The Kier molecular flexibility index (Phi) is 4.40. The Labute approximate surface area is 188 Å². The quantitative estimate of drug-likeness (QED) is 0.445. The van der Waals surface area contributed by atoms with Gasteiger partial charge in [0.15, 0.2) is 4.80 Å². The summed E-state index contributed by atoms with van der Waals surface area (Å²) in [5.74, 6) is 0. The first-order valence-electron chi connectivity index (χ1n) is 10.4. The Balaban J connectivity index is 1.65. The maximum atomic E-state index is 13.6. The van der Waals surface area contributed by atoms with Gasteiger partial charge in [-0.1, -0.05) is 71.5 Å². The van der Waals surface area contributed by atoms with Gasteiger partial charge in [0.05, 0.1) is 16.3 Å². The Hall–Kier alpha value is -3.02. The largest absolute Gasteiger partial charge is 0.272 e. The van der Waals surface area contributed by atoms with Crippen molar-refractivity contribution in [1.29, 1.82) is 0 Å². The van der Waals surface area contributed by atoms with Gasteiger partial charge in [0.1, 0.15) is 0 Å². The molecule has 5 heteroatoms. The Bertz CT molecular complexity index is 1500. The number of hydrogen-bond acceptors (Lipinski definition) is 4. The third-order valence-corrected chi connectivity index (χ3v) is 7.88. The van der Waals surface area contributed by atoms with Crippen molar-refractivity contribution in [3.63, 3.8) is 0 Å². The summed E-state index contributed by atoms with van der Waals surface area (Å²) in [5, 5.41) is 2.04. The molecule has 4 aromatic rings. The zero-order valence-corrected chi connectivity index (χ0v) is 18.7. The van der Waals surface area contributed by atoms with Crippen LogP contribution in [0.2, 0.25) is 0 Å². The molecule has 1 unspecified atom stereocenters. The molecule has 0 amide bonds. The van der Waals surface area contributed by atoms with E-state index < -0.39 is 0 Å². The third kappa shape index (κ3) is 3.08. The van der Waals surface area contributed by atoms with Gasteiger partial charge in [-0.3, -0.25) is 9.36 Å². The number of aromatic nitrogens is 1. The van der Waals surface area contributed by atoms with Crippen molar-refractivity contribution in [2.75, 3.05) is 0 Å². The van der Waals surface area contributed by atoms with Crippen molar-refractivity contribution in [3.05, 3.63) is 118 Å². The van der Waals surface area contributed by atoms with E-state index in [0.717, 1.165) is 38.3 Å². The average molecular weight is 441 g/mol. The summed E-state index contributed by atoms with van der Waals surface area (Å²) in [7, 11) is 0. The van der Waals surface area contributed by atoms with E-state index in [1.54, 1.807) is 11.3 Å². The summed E-state index contributed by atoms with van der Waals surface area (Å²) in [6.45, 7) is 2.10. The molecule has 6 rings (SSSR count). The van der Waals surface area contributed by atoms with Gasteiger partial charge >= 0.3 is 0 Å². The minimum absolute atomic E-state index is 0.0492. The van der Waals surface area contributed by atoms with Crippen LogP contribution in [-0.4, -0.2) is 4.57 Å². The van der Waals surface area contributed by atoms with Crippen molar-refractivity contribution in [1.82, 2.24) is 4.57 Å². The minimum atomic E-state index is -0.106. The van der Waals surface area contributed by atoms with Crippen LogP contribution in [0.5, 0.6) is 0 Å². The molecule has 152 valence electrons. The highest BCUT2D eigenvalue weighted by molar-refractivity contribution is 7.11. The molecule has 31 heavy (non-hydrogen) atoms. The van der Waals surface area contributed by atoms with Gasteiger partial charge in [-0.05, 0) is 54.0 Å². The standard InChI is InChI=1S/C26H20N2OS2/c1-16-8-10-18(11-9-16)24-21-13-12-17-5-2-3-7-20(17)23(21)27-26-28(24)25(29)22(31-26)15-19-6-4-14-30-19/h2-11,14-15,24H,12-13H2,1H3. The maximum absolute atomic E-state index is 13.6. The maximum Gasteiger partial charge on any atom is 0.271 e. The molecule has 1 aliphatic carbocycles. The van der Waals surface area contributed by atoms with E-state index in [1.807, 2.05) is 28.2 Å². The van der Waals surface area contributed by atoms with Crippen LogP contribution >= 0.6 is 22.7 Å². The van der Waals surface area contributed by atoms with Crippen LogP contribution in [0, 0.1) is 6.92 Å². The lowest BCUT2D eigenvalue weighted by Gasteiger charge is -2.30. The second-order valence-corrected chi connectivity index (χ2v) is 10.0. The second-order valence-electron chi connectivity index (χ2n) is 8.04. The first-order valence-corrected chi connectivity index (χ1v) is 12.1. The van der Waals surface area contributed by atoms with Crippen LogP contribution in [0.3, 0.4) is 0 Å². The van der Waals surface area contributed by atoms with Crippen molar-refractivity contribution < 1.29 is 0 Å². The number of thiophene rings is 1. The number of benzene rings is 2. The molecular weight excluding hydrogens is 420 g/mol. The number of rotatable bonds is 2. The van der Waals surface area contributed by atoms with E-state index in [9.17, 15) is 4.79 Å². The predicted octanol–water partition coefficient (Wildman–Crippen LogP) is 4.69. The van der Waals surface area contributed by atoms with Gasteiger partial charge in [0.2, 0.25) is 0 Å². The van der Waals surface area contributed by atoms with E-state index in [-0.39, 0.29) is 11.6 Å². The molecule has 3 heterocycles. The molecule has 0 saturated heterocycles. The van der Waals surface area contributed by atoms with E-state index in [2.05, 4.69) is 55.5 Å². The summed E-state index contributed by atoms with van der Waals surface area (Å²) in [5.41, 5.74) is 7.26. The smallest absolute Gasteiger partial charge is 0.271 e. The molecule has 0 radical (unpaired) electrons. The number of aryl methyl sites for hydroxylation is 2. The molecule has 1 aliphatic heterocycles. The lowest BCUT2D eigenvalue weighted by Crippen LogP contribution is -2.38. The summed E-state index contributed by atoms with van der Waals surface area (Å²) >= 11 is 3.14. The first kappa shape index (κ1) is 18.7. The van der Waals surface area contributed by atoms with Crippen LogP contribution in [0.15, 0.2) is 81.4 Å². The lowest BCUT2D eigenvalue weighted by molar-refractivity contribution is 0.585. The van der Waals surface area contributed by atoms with Gasteiger partial charge in [-0.25, -0.2) is 4.99 Å². The summed E-state index contributed by atoms with van der Waals surface area (Å²) in [4.78, 5) is 20.5. The van der Waals surface area contributed by atoms with Crippen molar-refractivity contribution in [2.45, 2.75) is 25.8 Å². The number of hydrogen-bond donors (Lipinski definition) is 0. The fourth-order valence-corrected chi connectivity index (χ4v) is 6.30. The van der Waals surface area contributed by atoms with Gasteiger partial charge in [-0.2, -0.15) is 0 Å². The third-order valence-electron chi connectivity index (χ3n) is 6.08. The summed E-state index contributed by atoms with van der Waals surface area (Å²) < 4.78 is 2.66. The molecule has 0 spiro atoms. The zero-order valence-electron chi connectivity index (χ0n) is 17.0. The molecule has 0 fully saturated rings. The highest BCUT2D eigenvalue weighted by Crippen LogP contribution is 2.41. The normalized spacial score (nSPS) is 17.7. The highest BCUT2D eigenvalue weighted by Gasteiger charge is 2.32. The zero-order chi connectivity index (χ0) is 20.9. The fraction of sp³-hybridized carbons (Fsp3) is 0.154. The average Bonchev–Trinajstić information content (AvgIpc) is 3.41. The molecule has 0 bridgehead atoms. The molecule has 0 saturated carbocycles. The topological polar surface area (TPSA) is 34.4 Å². The molecule has 1 atom stereocenters. The molecule has 0 N–H and O–H groups in total. The second kappa shape index (κ2) is 7.29. The van der Waals surface area contributed by atoms with E-state index in [0.29, 0.717) is 0 Å². The Morgan fingerprint density at radius 3 is 2.68 bits per heavy atom. The van der Waals surface area contributed by atoms with Crippen molar-refractivity contribution >= 4 is 34.4 Å². The van der Waals surface area contributed by atoms with Gasteiger partial charge in [0.25, 0.3) is 5.56 Å². The first-order chi connectivity index (χ1) is 15.2. The van der Waals surface area contributed by atoms with Crippen LogP contribution in [0.25, 0.3) is 11.8 Å². The number of nitrogens with zero attached hydrogens (tertiary/aromatic N) is 2. The SMILES string of the molecule is Cc1ccc(C2C3=C(N=c4sc(=Cc5cccs5)c(=O)n42)c2ccccc2CC3)cc1. The minimum Gasteiger partial charge on any atom is -0.272 e. The van der Waals surface area contributed by atoms with Crippen molar-refractivity contribution in [2.24, 2.45) is 4.99 Å². The summed E-state index contributed by atoms with van der Waals surface area (Å²) in [6, 6.07) is 21.1. The van der Waals surface area contributed by atoms with Gasteiger partial charge in [0, 0.05) is 10.4 Å². The molecule has 2 aromatic carbocycles. The van der Waals surface area contributed by atoms with E-state index >= 15 is 0 Å². The fourth-order valence-electron chi connectivity index (χ4n) is 4.57. The number of allylic oxidation sites excluding steroid dienone is 1. The predicted molar refractivity (Wildman–Crippen MR) is 128 cm³/mol. The Morgan fingerprint density at radius 2 is 1.87 bits per heavy atom. The van der Waals surface area contributed by atoms with E-state index in [4.69, 9.17) is 4.99 Å². The van der Waals surface area contributed by atoms with Crippen LogP contribution in [-0.2, 0) is 6.42 Å². The molecule has 2 aliphatic rings. The van der Waals surface area contributed by atoms with Crippen LogP contribution in [0.1, 0.15) is 39.6 Å². The summed E-state index contributed by atoms with van der Waals surface area (Å²) in [6.07, 6.45) is 3.90. The highest BCUT2D eigenvalue weighted by atomic mass is 32.1. The van der Waals surface area contributed by atoms with Gasteiger partial charge < -0.3 is 0 Å². The van der Waals surface area contributed by atoms with Gasteiger partial charge in [-0.15, -0.1) is 11.3 Å². The molecule has 3 nitrogen and oxygen atoms in total. The monoisotopic (exact) mass is 440 g/mol. The lowest BCUT2D eigenvalue weighted by atomic mass is 9.83.